The SMILES string of the molecule is CCCCc1cc2ccccc2cc1I. The topological polar surface area (TPSA) is 0 Å². The van der Waals surface area contributed by atoms with Gasteiger partial charge in [0.1, 0.15) is 0 Å². The average Bonchev–Trinajstić information content (AvgIpc) is 2.26. The fourth-order valence-electron chi connectivity index (χ4n) is 1.82. The summed E-state index contributed by atoms with van der Waals surface area (Å²) in [5.74, 6) is 0. The Morgan fingerprint density at radius 3 is 2.40 bits per heavy atom. The molecule has 0 atom stereocenters. The van der Waals surface area contributed by atoms with Crippen LogP contribution in [0.2, 0.25) is 0 Å². The number of benzene rings is 2. The van der Waals surface area contributed by atoms with Crippen molar-refractivity contribution in [1.82, 2.24) is 0 Å². The number of hydrogen-bond donors (Lipinski definition) is 0. The van der Waals surface area contributed by atoms with E-state index in [1.165, 1.54) is 39.2 Å². The van der Waals surface area contributed by atoms with Gasteiger partial charge in [-0.1, -0.05) is 43.7 Å². The van der Waals surface area contributed by atoms with E-state index >= 15 is 0 Å². The van der Waals surface area contributed by atoms with Crippen LogP contribution in [0.1, 0.15) is 25.3 Å². The molecule has 0 aromatic heterocycles. The first-order valence-electron chi connectivity index (χ1n) is 5.48. The smallest absolute Gasteiger partial charge is 0.0168 e. The highest BCUT2D eigenvalue weighted by atomic mass is 127. The third-order valence-electron chi connectivity index (χ3n) is 2.71. The summed E-state index contributed by atoms with van der Waals surface area (Å²) in [6.45, 7) is 2.24. The van der Waals surface area contributed by atoms with E-state index in [9.17, 15) is 0 Å². The first kappa shape index (κ1) is 10.9. The van der Waals surface area contributed by atoms with Crippen molar-refractivity contribution >= 4 is 33.4 Å². The predicted molar refractivity (Wildman–Crippen MR) is 75.3 cm³/mol. The molecule has 0 bridgehead atoms. The van der Waals surface area contributed by atoms with Crippen LogP contribution in [-0.2, 0) is 6.42 Å². The van der Waals surface area contributed by atoms with Gasteiger partial charge in [0, 0.05) is 3.57 Å². The Labute approximate surface area is 105 Å². The van der Waals surface area contributed by atoms with Gasteiger partial charge in [-0.05, 0) is 57.8 Å². The molecule has 0 aliphatic heterocycles. The summed E-state index contributed by atoms with van der Waals surface area (Å²) in [6, 6.07) is 13.2. The van der Waals surface area contributed by atoms with Crippen molar-refractivity contribution in [2.75, 3.05) is 0 Å². The standard InChI is InChI=1S/C14H15I/c1-2-3-6-13-9-11-7-4-5-8-12(11)10-14(13)15/h4-5,7-10H,2-3,6H2,1H3. The van der Waals surface area contributed by atoms with E-state index in [0.29, 0.717) is 0 Å². The molecule has 2 aromatic rings. The fraction of sp³-hybridized carbons (Fsp3) is 0.286. The number of aryl methyl sites for hydroxylation is 1. The van der Waals surface area contributed by atoms with Crippen LogP contribution in [0.3, 0.4) is 0 Å². The molecule has 2 aromatic carbocycles. The van der Waals surface area contributed by atoms with Crippen LogP contribution in [0.5, 0.6) is 0 Å². The number of rotatable bonds is 3. The molecule has 0 spiro atoms. The quantitative estimate of drug-likeness (QED) is 0.715. The minimum Gasteiger partial charge on any atom is -0.0654 e. The highest BCUT2D eigenvalue weighted by molar-refractivity contribution is 14.1. The molecule has 2 rings (SSSR count). The molecule has 0 aliphatic carbocycles. The van der Waals surface area contributed by atoms with Gasteiger partial charge in [-0.2, -0.15) is 0 Å². The zero-order valence-corrected chi connectivity index (χ0v) is 11.1. The van der Waals surface area contributed by atoms with E-state index in [-0.39, 0.29) is 0 Å². The second-order valence-corrected chi connectivity index (χ2v) is 5.06. The molecule has 0 saturated carbocycles. The highest BCUT2D eigenvalue weighted by Gasteiger charge is 2.01. The summed E-state index contributed by atoms with van der Waals surface area (Å²) in [5.41, 5.74) is 1.50. The molecule has 0 radical (unpaired) electrons. The first-order valence-corrected chi connectivity index (χ1v) is 6.56. The molecular formula is C14H15I. The average molecular weight is 310 g/mol. The van der Waals surface area contributed by atoms with Gasteiger partial charge in [-0.3, -0.25) is 0 Å². The van der Waals surface area contributed by atoms with Gasteiger partial charge in [0.25, 0.3) is 0 Å². The van der Waals surface area contributed by atoms with E-state index in [4.69, 9.17) is 0 Å². The number of halogens is 1. The lowest BCUT2D eigenvalue weighted by atomic mass is 10.0. The lowest BCUT2D eigenvalue weighted by molar-refractivity contribution is 0.793. The molecule has 0 N–H and O–H groups in total. The van der Waals surface area contributed by atoms with Gasteiger partial charge in [0.05, 0.1) is 0 Å². The summed E-state index contributed by atoms with van der Waals surface area (Å²) in [7, 11) is 0. The number of unbranched alkanes of at least 4 members (excludes halogenated alkanes) is 1. The Kier molecular flexibility index (Phi) is 3.62. The van der Waals surface area contributed by atoms with E-state index in [2.05, 4.69) is 65.9 Å². The van der Waals surface area contributed by atoms with Crippen molar-refractivity contribution in [3.05, 3.63) is 45.5 Å². The Balaban J connectivity index is 2.43. The van der Waals surface area contributed by atoms with Gasteiger partial charge in [-0.15, -0.1) is 0 Å². The zero-order chi connectivity index (χ0) is 10.7. The minimum atomic E-state index is 1.21. The number of hydrogen-bond acceptors (Lipinski definition) is 0. The lowest BCUT2D eigenvalue weighted by Gasteiger charge is -2.06. The van der Waals surface area contributed by atoms with Gasteiger partial charge < -0.3 is 0 Å². The molecule has 0 nitrogen and oxygen atoms in total. The van der Waals surface area contributed by atoms with E-state index in [1.807, 2.05) is 0 Å². The van der Waals surface area contributed by atoms with Crippen LogP contribution in [0, 0.1) is 3.57 Å². The zero-order valence-electron chi connectivity index (χ0n) is 8.96. The van der Waals surface area contributed by atoms with Gasteiger partial charge in [0.15, 0.2) is 0 Å². The summed E-state index contributed by atoms with van der Waals surface area (Å²) in [5, 5.41) is 2.71. The summed E-state index contributed by atoms with van der Waals surface area (Å²) < 4.78 is 1.40. The largest absolute Gasteiger partial charge is 0.0654 e. The normalized spacial score (nSPS) is 10.8. The second-order valence-electron chi connectivity index (χ2n) is 3.89. The minimum absolute atomic E-state index is 1.21. The van der Waals surface area contributed by atoms with Crippen molar-refractivity contribution in [3.8, 4) is 0 Å². The van der Waals surface area contributed by atoms with Gasteiger partial charge >= 0.3 is 0 Å². The van der Waals surface area contributed by atoms with Crippen LogP contribution < -0.4 is 0 Å². The molecule has 1 heteroatoms. The Bertz CT molecular complexity index is 460. The van der Waals surface area contributed by atoms with E-state index < -0.39 is 0 Å². The van der Waals surface area contributed by atoms with Crippen LogP contribution in [-0.4, -0.2) is 0 Å². The first-order chi connectivity index (χ1) is 7.31. The van der Waals surface area contributed by atoms with Crippen LogP contribution in [0.4, 0.5) is 0 Å². The van der Waals surface area contributed by atoms with Crippen molar-refractivity contribution in [2.45, 2.75) is 26.2 Å². The van der Waals surface area contributed by atoms with Crippen molar-refractivity contribution in [3.63, 3.8) is 0 Å². The van der Waals surface area contributed by atoms with Crippen LogP contribution >= 0.6 is 22.6 Å². The van der Waals surface area contributed by atoms with Crippen molar-refractivity contribution in [2.24, 2.45) is 0 Å². The van der Waals surface area contributed by atoms with E-state index in [1.54, 1.807) is 0 Å². The van der Waals surface area contributed by atoms with Crippen LogP contribution in [0.15, 0.2) is 36.4 Å². The third kappa shape index (κ3) is 2.51. The molecule has 78 valence electrons. The Morgan fingerprint density at radius 1 is 1.07 bits per heavy atom. The fourth-order valence-corrected chi connectivity index (χ4v) is 2.58. The molecule has 0 aliphatic rings. The Morgan fingerprint density at radius 2 is 1.73 bits per heavy atom. The molecule has 0 amide bonds. The third-order valence-corrected chi connectivity index (χ3v) is 3.72. The molecule has 0 heterocycles. The molecule has 0 saturated heterocycles. The summed E-state index contributed by atoms with van der Waals surface area (Å²) in [4.78, 5) is 0. The lowest BCUT2D eigenvalue weighted by Crippen LogP contribution is -1.89. The van der Waals surface area contributed by atoms with Gasteiger partial charge in [-0.25, -0.2) is 0 Å². The summed E-state index contributed by atoms with van der Waals surface area (Å²) >= 11 is 2.45. The van der Waals surface area contributed by atoms with Crippen LogP contribution in [0.25, 0.3) is 10.8 Å². The predicted octanol–water partition coefficient (Wildman–Crippen LogP) is 4.79. The molecular weight excluding hydrogens is 295 g/mol. The summed E-state index contributed by atoms with van der Waals surface area (Å²) in [6.07, 6.45) is 3.76. The van der Waals surface area contributed by atoms with Crippen molar-refractivity contribution in [1.29, 1.82) is 0 Å². The van der Waals surface area contributed by atoms with Gasteiger partial charge in [0.2, 0.25) is 0 Å². The Hall–Kier alpha value is -0.570. The van der Waals surface area contributed by atoms with E-state index in [0.717, 1.165) is 0 Å². The molecule has 15 heavy (non-hydrogen) atoms. The number of fused-ring (bicyclic) bond motifs is 1. The maximum atomic E-state index is 2.45. The maximum Gasteiger partial charge on any atom is 0.0168 e. The maximum absolute atomic E-state index is 2.45. The highest BCUT2D eigenvalue weighted by Crippen LogP contribution is 2.22. The second kappa shape index (κ2) is 4.97. The monoisotopic (exact) mass is 310 g/mol. The van der Waals surface area contributed by atoms with Crippen molar-refractivity contribution < 1.29 is 0 Å². The molecule has 0 unspecified atom stereocenters. The molecule has 0 fully saturated rings.